The van der Waals surface area contributed by atoms with E-state index in [2.05, 4.69) is 5.10 Å². The fraction of sp³-hybridized carbons (Fsp3) is 0.700. The summed E-state index contributed by atoms with van der Waals surface area (Å²) in [5, 5.41) is 3.95. The summed E-state index contributed by atoms with van der Waals surface area (Å²) in [7, 11) is 0. The molecule has 0 fully saturated rings. The van der Waals surface area contributed by atoms with Crippen LogP contribution in [0, 0.1) is 0 Å². The van der Waals surface area contributed by atoms with E-state index in [4.69, 9.17) is 0 Å². The summed E-state index contributed by atoms with van der Waals surface area (Å²) in [6.45, 7) is 4.08. The average molecular weight is 220 g/mol. The van der Waals surface area contributed by atoms with Gasteiger partial charge in [0, 0.05) is 6.54 Å². The molecular formula is C10H15F3N2. The van der Waals surface area contributed by atoms with Crippen molar-refractivity contribution in [2.45, 2.75) is 45.8 Å². The third kappa shape index (κ3) is 2.97. The Hall–Kier alpha value is -1.00. The molecule has 0 spiro atoms. The topological polar surface area (TPSA) is 17.8 Å². The summed E-state index contributed by atoms with van der Waals surface area (Å²) in [4.78, 5) is 0. The molecule has 15 heavy (non-hydrogen) atoms. The first kappa shape index (κ1) is 12.1. The van der Waals surface area contributed by atoms with Crippen molar-refractivity contribution in [1.29, 1.82) is 0 Å². The molecule has 0 unspecified atom stereocenters. The Labute approximate surface area is 87.1 Å². The SMILES string of the molecule is CCCc1cc(C(F)(F)F)n(CCC)n1. The molecule has 1 heterocycles. The van der Waals surface area contributed by atoms with Crippen LogP contribution in [0.15, 0.2) is 6.07 Å². The van der Waals surface area contributed by atoms with E-state index in [-0.39, 0.29) is 0 Å². The summed E-state index contributed by atoms with van der Waals surface area (Å²) < 4.78 is 38.8. The predicted octanol–water partition coefficient (Wildman–Crippen LogP) is 3.26. The lowest BCUT2D eigenvalue weighted by Crippen LogP contribution is -2.14. The van der Waals surface area contributed by atoms with Crippen LogP contribution in [0.5, 0.6) is 0 Å². The van der Waals surface area contributed by atoms with Gasteiger partial charge in [-0.25, -0.2) is 0 Å². The Balaban J connectivity index is 3.00. The largest absolute Gasteiger partial charge is 0.433 e. The highest BCUT2D eigenvalue weighted by atomic mass is 19.4. The number of alkyl halides is 3. The molecule has 0 amide bonds. The van der Waals surface area contributed by atoms with Crippen molar-refractivity contribution >= 4 is 0 Å². The third-order valence-corrected chi connectivity index (χ3v) is 2.06. The number of aryl methyl sites for hydroxylation is 2. The molecule has 0 aliphatic rings. The molecule has 2 nitrogen and oxygen atoms in total. The number of halogens is 3. The summed E-state index contributed by atoms with van der Waals surface area (Å²) in [6, 6.07) is 1.15. The van der Waals surface area contributed by atoms with Crippen LogP contribution in [0.1, 0.15) is 38.1 Å². The molecule has 1 aromatic heterocycles. The van der Waals surface area contributed by atoms with Gasteiger partial charge >= 0.3 is 6.18 Å². The molecule has 86 valence electrons. The van der Waals surface area contributed by atoms with E-state index in [9.17, 15) is 13.2 Å². The quantitative estimate of drug-likeness (QED) is 0.761. The molecule has 5 heteroatoms. The van der Waals surface area contributed by atoms with Crippen LogP contribution in [0.3, 0.4) is 0 Å². The van der Waals surface area contributed by atoms with Gasteiger partial charge in [0.2, 0.25) is 0 Å². The van der Waals surface area contributed by atoms with Crippen molar-refractivity contribution < 1.29 is 13.2 Å². The molecule has 0 radical (unpaired) electrons. The van der Waals surface area contributed by atoms with Gasteiger partial charge in [0.1, 0.15) is 5.69 Å². The number of hydrogen-bond acceptors (Lipinski definition) is 1. The highest BCUT2D eigenvalue weighted by Crippen LogP contribution is 2.30. The summed E-state index contributed by atoms with van der Waals surface area (Å²) in [6.07, 6.45) is -2.25. The van der Waals surface area contributed by atoms with Crippen LogP contribution < -0.4 is 0 Å². The van der Waals surface area contributed by atoms with Crippen LogP contribution in [-0.4, -0.2) is 9.78 Å². The van der Waals surface area contributed by atoms with Gasteiger partial charge in [-0.15, -0.1) is 0 Å². The Morgan fingerprint density at radius 3 is 2.40 bits per heavy atom. The Kier molecular flexibility index (Phi) is 3.77. The van der Waals surface area contributed by atoms with Crippen molar-refractivity contribution in [2.75, 3.05) is 0 Å². The van der Waals surface area contributed by atoms with Crippen LogP contribution in [-0.2, 0) is 19.1 Å². The zero-order valence-corrected chi connectivity index (χ0v) is 8.93. The van der Waals surface area contributed by atoms with Crippen LogP contribution in [0.4, 0.5) is 13.2 Å². The summed E-state index contributed by atoms with van der Waals surface area (Å²) in [5.41, 5.74) is -0.105. The first-order valence-corrected chi connectivity index (χ1v) is 5.13. The molecule has 0 N–H and O–H groups in total. The van der Waals surface area contributed by atoms with Crippen molar-refractivity contribution in [3.05, 3.63) is 17.5 Å². The van der Waals surface area contributed by atoms with Gasteiger partial charge < -0.3 is 0 Å². The first-order valence-electron chi connectivity index (χ1n) is 5.13. The maximum Gasteiger partial charge on any atom is 0.433 e. The molecule has 0 aliphatic heterocycles. The second-order valence-corrected chi connectivity index (χ2v) is 3.49. The van der Waals surface area contributed by atoms with E-state index in [1.54, 1.807) is 0 Å². The molecular weight excluding hydrogens is 205 g/mol. The number of nitrogens with zero attached hydrogens (tertiary/aromatic N) is 2. The monoisotopic (exact) mass is 220 g/mol. The van der Waals surface area contributed by atoms with Gasteiger partial charge in [0.15, 0.2) is 0 Å². The molecule has 0 aliphatic carbocycles. The van der Waals surface area contributed by atoms with Crippen molar-refractivity contribution in [3.8, 4) is 0 Å². The highest BCUT2D eigenvalue weighted by molar-refractivity contribution is 5.13. The molecule has 1 aromatic rings. The normalized spacial score (nSPS) is 12.1. The zero-order valence-electron chi connectivity index (χ0n) is 8.93. The molecule has 1 rings (SSSR count). The van der Waals surface area contributed by atoms with Gasteiger partial charge in [-0.05, 0) is 18.9 Å². The van der Waals surface area contributed by atoms with Crippen molar-refractivity contribution in [1.82, 2.24) is 9.78 Å². The van der Waals surface area contributed by atoms with E-state index in [0.717, 1.165) is 17.2 Å². The Morgan fingerprint density at radius 1 is 1.27 bits per heavy atom. The lowest BCUT2D eigenvalue weighted by atomic mass is 10.2. The minimum absolute atomic E-state index is 0.318. The molecule has 0 aromatic carbocycles. The molecule has 0 bridgehead atoms. The van der Waals surface area contributed by atoms with Gasteiger partial charge in [-0.3, -0.25) is 4.68 Å². The van der Waals surface area contributed by atoms with Crippen LogP contribution in [0.2, 0.25) is 0 Å². The van der Waals surface area contributed by atoms with E-state index < -0.39 is 11.9 Å². The second kappa shape index (κ2) is 4.68. The predicted molar refractivity (Wildman–Crippen MR) is 51.5 cm³/mol. The standard InChI is InChI=1S/C10H15F3N2/c1-3-5-8-7-9(10(11,12)13)15(14-8)6-4-2/h7H,3-6H2,1-2H3. The van der Waals surface area contributed by atoms with Crippen LogP contribution in [0.25, 0.3) is 0 Å². The lowest BCUT2D eigenvalue weighted by molar-refractivity contribution is -0.144. The maximum atomic E-state index is 12.6. The smallest absolute Gasteiger partial charge is 0.260 e. The number of aromatic nitrogens is 2. The van der Waals surface area contributed by atoms with Gasteiger partial charge in [0.05, 0.1) is 5.69 Å². The lowest BCUT2D eigenvalue weighted by Gasteiger charge is -2.08. The highest BCUT2D eigenvalue weighted by Gasteiger charge is 2.35. The van der Waals surface area contributed by atoms with Crippen LogP contribution >= 0.6 is 0 Å². The van der Waals surface area contributed by atoms with E-state index in [1.165, 1.54) is 0 Å². The Bertz CT molecular complexity index is 315. The first-order chi connectivity index (χ1) is 6.99. The van der Waals surface area contributed by atoms with Crippen molar-refractivity contribution in [3.63, 3.8) is 0 Å². The Morgan fingerprint density at radius 2 is 1.93 bits per heavy atom. The molecule has 0 saturated carbocycles. The molecule has 0 atom stereocenters. The van der Waals surface area contributed by atoms with E-state index >= 15 is 0 Å². The fourth-order valence-corrected chi connectivity index (χ4v) is 1.46. The minimum atomic E-state index is -4.30. The maximum absolute atomic E-state index is 12.6. The number of hydrogen-bond donors (Lipinski definition) is 0. The zero-order chi connectivity index (χ0) is 11.5. The van der Waals surface area contributed by atoms with Gasteiger partial charge in [0.25, 0.3) is 0 Å². The second-order valence-electron chi connectivity index (χ2n) is 3.49. The average Bonchev–Trinajstić information content (AvgIpc) is 2.49. The van der Waals surface area contributed by atoms with E-state index in [0.29, 0.717) is 25.1 Å². The summed E-state index contributed by atoms with van der Waals surface area (Å²) >= 11 is 0. The van der Waals surface area contributed by atoms with Crippen molar-refractivity contribution in [2.24, 2.45) is 0 Å². The minimum Gasteiger partial charge on any atom is -0.260 e. The van der Waals surface area contributed by atoms with E-state index in [1.807, 2.05) is 13.8 Å². The fourth-order valence-electron chi connectivity index (χ4n) is 1.46. The van der Waals surface area contributed by atoms with Gasteiger partial charge in [-0.2, -0.15) is 18.3 Å². The third-order valence-electron chi connectivity index (χ3n) is 2.06. The number of rotatable bonds is 4. The summed E-state index contributed by atoms with van der Waals surface area (Å²) in [5.74, 6) is 0. The molecule has 0 saturated heterocycles. The van der Waals surface area contributed by atoms with Gasteiger partial charge in [-0.1, -0.05) is 20.3 Å².